The van der Waals surface area contributed by atoms with Gasteiger partial charge in [0.1, 0.15) is 0 Å². The van der Waals surface area contributed by atoms with Crippen LogP contribution in [-0.4, -0.2) is 10.8 Å². The molecule has 27 heavy (non-hydrogen) atoms. The van der Waals surface area contributed by atoms with Crippen LogP contribution in [0.5, 0.6) is 0 Å². The highest BCUT2D eigenvalue weighted by molar-refractivity contribution is 6.29. The van der Waals surface area contributed by atoms with Crippen molar-refractivity contribution in [2.24, 2.45) is 0 Å². The van der Waals surface area contributed by atoms with Crippen LogP contribution in [0.25, 0.3) is 11.6 Å². The van der Waals surface area contributed by atoms with Gasteiger partial charge in [0, 0.05) is 17.7 Å². The Bertz CT molecular complexity index is 997. The minimum Gasteiger partial charge on any atom is -0.321 e. The van der Waals surface area contributed by atoms with Gasteiger partial charge < -0.3 is 5.32 Å². The number of hydrogen-bond acceptors (Lipinski definition) is 3. The second kappa shape index (κ2) is 8.10. The summed E-state index contributed by atoms with van der Waals surface area (Å²) in [6.07, 6.45) is 1.80. The van der Waals surface area contributed by atoms with Crippen molar-refractivity contribution >= 4 is 28.9 Å². The summed E-state index contributed by atoms with van der Waals surface area (Å²) in [5, 5.41) is 13.8. The predicted molar refractivity (Wildman–Crippen MR) is 107 cm³/mol. The molecule has 5 heteroatoms. The average Bonchev–Trinajstić information content (AvgIpc) is 2.69. The molecule has 1 amide bonds. The van der Waals surface area contributed by atoms with Crippen molar-refractivity contribution in [2.45, 2.75) is 6.92 Å². The monoisotopic (exact) mass is 358 g/mol. The summed E-state index contributed by atoms with van der Waals surface area (Å²) in [6.45, 7) is 1.79. The number of nitro groups is 1. The fraction of sp³-hybridized carbons (Fsp3) is 0.0455. The molecule has 0 radical (unpaired) electrons. The Kier molecular flexibility index (Phi) is 5.42. The fourth-order valence-corrected chi connectivity index (χ4v) is 2.66. The van der Waals surface area contributed by atoms with Crippen LogP contribution in [0.3, 0.4) is 0 Å². The van der Waals surface area contributed by atoms with E-state index in [9.17, 15) is 14.9 Å². The van der Waals surface area contributed by atoms with Gasteiger partial charge in [0.15, 0.2) is 0 Å². The first-order valence-electron chi connectivity index (χ1n) is 8.43. The Morgan fingerprint density at radius 3 is 2.22 bits per heavy atom. The molecule has 1 N–H and O–H groups in total. The standard InChI is InChI=1S/C22H18N2O3/c1-16-12-13-19(24(26)27)15-21(16)23-22(25)20(18-10-6-3-7-11-18)14-17-8-4-2-5-9-17/h2-15H,1H3,(H,23,25). The summed E-state index contributed by atoms with van der Waals surface area (Å²) in [7, 11) is 0. The zero-order valence-electron chi connectivity index (χ0n) is 14.8. The molecule has 134 valence electrons. The van der Waals surface area contributed by atoms with Crippen molar-refractivity contribution in [3.8, 4) is 0 Å². The van der Waals surface area contributed by atoms with Crippen LogP contribution in [0, 0.1) is 17.0 Å². The van der Waals surface area contributed by atoms with Gasteiger partial charge in [-0.1, -0.05) is 66.7 Å². The number of nitrogens with one attached hydrogen (secondary N) is 1. The SMILES string of the molecule is Cc1ccc([N+](=O)[O-])cc1NC(=O)C(=Cc1ccccc1)c1ccccc1. The number of non-ortho nitro benzene ring substituents is 1. The van der Waals surface area contributed by atoms with Crippen LogP contribution < -0.4 is 5.32 Å². The van der Waals surface area contributed by atoms with Gasteiger partial charge in [-0.2, -0.15) is 0 Å². The quantitative estimate of drug-likeness (QED) is 0.299. The molecule has 0 fully saturated rings. The summed E-state index contributed by atoms with van der Waals surface area (Å²) >= 11 is 0. The smallest absolute Gasteiger partial charge is 0.271 e. The summed E-state index contributed by atoms with van der Waals surface area (Å²) in [4.78, 5) is 23.6. The van der Waals surface area contributed by atoms with Crippen LogP contribution in [0.15, 0.2) is 78.9 Å². The number of nitro benzene ring substituents is 1. The van der Waals surface area contributed by atoms with E-state index in [0.717, 1.165) is 16.7 Å². The lowest BCUT2D eigenvalue weighted by atomic mass is 10.0. The second-order valence-corrected chi connectivity index (χ2v) is 6.05. The minimum atomic E-state index is -0.479. The molecule has 0 aliphatic carbocycles. The maximum absolute atomic E-state index is 13.0. The Labute approximate surface area is 157 Å². The largest absolute Gasteiger partial charge is 0.321 e. The van der Waals surface area contributed by atoms with Crippen molar-refractivity contribution in [3.05, 3.63) is 106 Å². The number of hydrogen-bond donors (Lipinski definition) is 1. The molecular weight excluding hydrogens is 340 g/mol. The van der Waals surface area contributed by atoms with Crippen molar-refractivity contribution in [1.29, 1.82) is 0 Å². The van der Waals surface area contributed by atoms with E-state index >= 15 is 0 Å². The summed E-state index contributed by atoms with van der Waals surface area (Å²) in [5.74, 6) is -0.325. The second-order valence-electron chi connectivity index (χ2n) is 6.05. The van der Waals surface area contributed by atoms with Crippen molar-refractivity contribution < 1.29 is 9.72 Å². The maximum atomic E-state index is 13.0. The number of carbonyl (C=O) groups is 1. The number of amides is 1. The van der Waals surface area contributed by atoms with E-state index < -0.39 is 4.92 Å². The fourth-order valence-electron chi connectivity index (χ4n) is 2.66. The Morgan fingerprint density at radius 1 is 0.963 bits per heavy atom. The lowest BCUT2D eigenvalue weighted by Gasteiger charge is -2.12. The third-order valence-electron chi connectivity index (χ3n) is 4.12. The summed E-state index contributed by atoms with van der Waals surface area (Å²) in [6, 6.07) is 23.3. The molecule has 0 unspecified atom stereocenters. The molecule has 0 atom stereocenters. The van der Waals surface area contributed by atoms with E-state index in [2.05, 4.69) is 5.32 Å². The lowest BCUT2D eigenvalue weighted by Crippen LogP contribution is -2.14. The van der Waals surface area contributed by atoms with E-state index in [0.29, 0.717) is 11.3 Å². The molecule has 3 aromatic rings. The first-order chi connectivity index (χ1) is 13.0. The van der Waals surface area contributed by atoms with E-state index in [1.807, 2.05) is 60.7 Å². The average molecular weight is 358 g/mol. The van der Waals surface area contributed by atoms with Crippen molar-refractivity contribution in [2.75, 3.05) is 5.32 Å². The number of benzene rings is 3. The molecule has 0 aliphatic rings. The minimum absolute atomic E-state index is 0.0656. The van der Waals surface area contributed by atoms with Crippen LogP contribution in [0.4, 0.5) is 11.4 Å². The zero-order valence-corrected chi connectivity index (χ0v) is 14.8. The molecule has 3 aromatic carbocycles. The first-order valence-corrected chi connectivity index (χ1v) is 8.43. The number of rotatable bonds is 5. The number of anilines is 1. The molecule has 5 nitrogen and oxygen atoms in total. The number of carbonyl (C=O) groups excluding carboxylic acids is 1. The Hall–Kier alpha value is -3.73. The van der Waals surface area contributed by atoms with Crippen LogP contribution in [-0.2, 0) is 4.79 Å². The van der Waals surface area contributed by atoms with E-state index in [1.54, 1.807) is 19.1 Å². The molecule has 0 saturated carbocycles. The number of nitrogens with zero attached hydrogens (tertiary/aromatic N) is 1. The van der Waals surface area contributed by atoms with Gasteiger partial charge in [0.25, 0.3) is 11.6 Å². The van der Waals surface area contributed by atoms with E-state index in [-0.39, 0.29) is 11.6 Å². The van der Waals surface area contributed by atoms with Gasteiger partial charge in [-0.25, -0.2) is 0 Å². The van der Waals surface area contributed by atoms with E-state index in [4.69, 9.17) is 0 Å². The van der Waals surface area contributed by atoms with Gasteiger partial charge in [-0.05, 0) is 29.7 Å². The molecule has 0 aliphatic heterocycles. The first kappa shape index (κ1) is 18.1. The molecule has 0 bridgehead atoms. The van der Waals surface area contributed by atoms with Crippen LogP contribution in [0.2, 0.25) is 0 Å². The highest BCUT2D eigenvalue weighted by Gasteiger charge is 2.15. The van der Waals surface area contributed by atoms with Crippen LogP contribution >= 0.6 is 0 Å². The third kappa shape index (κ3) is 4.46. The zero-order chi connectivity index (χ0) is 19.2. The molecule has 0 aromatic heterocycles. The van der Waals surface area contributed by atoms with Gasteiger partial charge in [0.05, 0.1) is 10.6 Å². The molecule has 0 saturated heterocycles. The van der Waals surface area contributed by atoms with Crippen molar-refractivity contribution in [1.82, 2.24) is 0 Å². The van der Waals surface area contributed by atoms with E-state index in [1.165, 1.54) is 12.1 Å². The third-order valence-corrected chi connectivity index (χ3v) is 4.12. The normalized spacial score (nSPS) is 11.1. The highest BCUT2D eigenvalue weighted by Crippen LogP contribution is 2.25. The van der Waals surface area contributed by atoms with Gasteiger partial charge in [0.2, 0.25) is 0 Å². The molecule has 0 spiro atoms. The van der Waals surface area contributed by atoms with Gasteiger partial charge in [-0.3, -0.25) is 14.9 Å². The van der Waals surface area contributed by atoms with Gasteiger partial charge >= 0.3 is 0 Å². The predicted octanol–water partition coefficient (Wildman–Crippen LogP) is 5.08. The Morgan fingerprint density at radius 2 is 1.59 bits per heavy atom. The van der Waals surface area contributed by atoms with Crippen LogP contribution in [0.1, 0.15) is 16.7 Å². The van der Waals surface area contributed by atoms with Crippen molar-refractivity contribution in [3.63, 3.8) is 0 Å². The number of aryl methyl sites for hydroxylation is 1. The highest BCUT2D eigenvalue weighted by atomic mass is 16.6. The summed E-state index contributed by atoms with van der Waals surface area (Å²) in [5.41, 5.74) is 3.24. The Balaban J connectivity index is 1.99. The maximum Gasteiger partial charge on any atom is 0.271 e. The lowest BCUT2D eigenvalue weighted by molar-refractivity contribution is -0.384. The molecule has 0 heterocycles. The molecule has 3 rings (SSSR count). The summed E-state index contributed by atoms with van der Waals surface area (Å²) < 4.78 is 0. The van der Waals surface area contributed by atoms with Gasteiger partial charge in [-0.15, -0.1) is 0 Å². The molecular formula is C22H18N2O3. The topological polar surface area (TPSA) is 72.2 Å².